The average molecular weight is 391 g/mol. The number of aliphatic hydroxyl groups is 1. The van der Waals surface area contributed by atoms with E-state index in [0.717, 1.165) is 16.5 Å². The van der Waals surface area contributed by atoms with Gasteiger partial charge in [-0.05, 0) is 24.0 Å². The monoisotopic (exact) mass is 391 g/mol. The zero-order valence-electron chi connectivity index (χ0n) is 15.4. The van der Waals surface area contributed by atoms with Gasteiger partial charge in [0, 0.05) is 48.7 Å². The van der Waals surface area contributed by atoms with Crippen LogP contribution in [-0.2, 0) is 21.2 Å². The molecule has 2 fully saturated rings. The normalized spacial score (nSPS) is 26.4. The van der Waals surface area contributed by atoms with Gasteiger partial charge in [-0.3, -0.25) is 4.79 Å². The summed E-state index contributed by atoms with van der Waals surface area (Å²) in [5, 5.41) is 11.1. The number of nitrogens with zero attached hydrogens (tertiary/aromatic N) is 2. The molecule has 4 rings (SSSR count). The summed E-state index contributed by atoms with van der Waals surface area (Å²) in [5.41, 5.74) is 1.40. The summed E-state index contributed by atoms with van der Waals surface area (Å²) in [7, 11) is -3.30. The van der Waals surface area contributed by atoms with Gasteiger partial charge in [0.05, 0.1) is 19.3 Å². The van der Waals surface area contributed by atoms with Crippen LogP contribution in [-0.4, -0.2) is 72.7 Å². The minimum Gasteiger partial charge on any atom is -0.396 e. The van der Waals surface area contributed by atoms with E-state index in [1.54, 1.807) is 4.90 Å². The smallest absolute Gasteiger partial charge is 0.227 e. The average Bonchev–Trinajstić information content (AvgIpc) is 3.23. The van der Waals surface area contributed by atoms with Gasteiger partial charge < -0.3 is 15.0 Å². The maximum Gasteiger partial charge on any atom is 0.227 e. The highest BCUT2D eigenvalue weighted by Crippen LogP contribution is 2.42. The highest BCUT2D eigenvalue weighted by atomic mass is 32.2. The second-order valence-corrected chi connectivity index (χ2v) is 9.90. The third-order valence-corrected chi connectivity index (χ3v) is 7.40. The first kappa shape index (κ1) is 18.5. The van der Waals surface area contributed by atoms with E-state index < -0.39 is 15.4 Å². The van der Waals surface area contributed by atoms with Crippen LogP contribution in [0, 0.1) is 11.3 Å². The van der Waals surface area contributed by atoms with Crippen molar-refractivity contribution in [1.29, 1.82) is 0 Å². The number of carbonyl (C=O) groups is 1. The number of aromatic amines is 1. The van der Waals surface area contributed by atoms with Crippen LogP contribution in [0.15, 0.2) is 30.5 Å². The zero-order chi connectivity index (χ0) is 19.2. The maximum absolute atomic E-state index is 12.9. The number of piperidine rings is 1. The van der Waals surface area contributed by atoms with Gasteiger partial charge >= 0.3 is 0 Å². The molecule has 0 saturated carbocycles. The lowest BCUT2D eigenvalue weighted by Crippen LogP contribution is -2.53. The van der Waals surface area contributed by atoms with Gasteiger partial charge in [-0.1, -0.05) is 18.2 Å². The fourth-order valence-electron chi connectivity index (χ4n) is 4.58. The van der Waals surface area contributed by atoms with E-state index in [4.69, 9.17) is 0 Å². The molecule has 7 nitrogen and oxygen atoms in total. The number of amides is 1. The molecule has 0 aliphatic carbocycles. The number of aromatic nitrogens is 1. The fourth-order valence-corrected chi connectivity index (χ4v) is 5.52. The summed E-state index contributed by atoms with van der Waals surface area (Å²) >= 11 is 0. The van der Waals surface area contributed by atoms with Gasteiger partial charge in [0.2, 0.25) is 15.9 Å². The molecular weight excluding hydrogens is 366 g/mol. The molecule has 8 heteroatoms. The van der Waals surface area contributed by atoms with Crippen molar-refractivity contribution in [2.45, 2.75) is 12.8 Å². The fraction of sp³-hybridized carbons (Fsp3) is 0.526. The lowest BCUT2D eigenvalue weighted by atomic mass is 9.74. The Kier molecular flexibility index (Phi) is 4.52. The minimum atomic E-state index is -3.30. The van der Waals surface area contributed by atoms with Crippen molar-refractivity contribution in [3.63, 3.8) is 0 Å². The molecule has 2 aliphatic rings. The third-order valence-electron chi connectivity index (χ3n) is 6.19. The zero-order valence-corrected chi connectivity index (χ0v) is 16.2. The molecule has 1 aromatic carbocycles. The van der Waals surface area contributed by atoms with Crippen molar-refractivity contribution in [2.24, 2.45) is 11.3 Å². The molecule has 0 radical (unpaired) electrons. The van der Waals surface area contributed by atoms with Gasteiger partial charge in [0.15, 0.2) is 0 Å². The number of hydrogen-bond acceptors (Lipinski definition) is 4. The molecular formula is C19H25N3O4S. The van der Waals surface area contributed by atoms with E-state index in [9.17, 15) is 18.3 Å². The molecule has 0 spiro atoms. The Bertz CT molecular complexity index is 970. The molecule has 146 valence electrons. The summed E-state index contributed by atoms with van der Waals surface area (Å²) < 4.78 is 25.3. The van der Waals surface area contributed by atoms with Crippen LogP contribution in [0.1, 0.15) is 12.0 Å². The Morgan fingerprint density at radius 2 is 2.11 bits per heavy atom. The van der Waals surface area contributed by atoms with Crippen molar-refractivity contribution in [3.8, 4) is 0 Å². The number of sulfonamides is 1. The molecule has 3 heterocycles. The van der Waals surface area contributed by atoms with Gasteiger partial charge in [-0.25, -0.2) is 12.7 Å². The van der Waals surface area contributed by atoms with Crippen molar-refractivity contribution in [1.82, 2.24) is 14.2 Å². The van der Waals surface area contributed by atoms with Crippen LogP contribution in [0.5, 0.6) is 0 Å². The van der Waals surface area contributed by atoms with E-state index in [1.165, 1.54) is 10.6 Å². The van der Waals surface area contributed by atoms with Crippen molar-refractivity contribution in [3.05, 3.63) is 36.0 Å². The molecule has 0 unspecified atom stereocenters. The van der Waals surface area contributed by atoms with Crippen LogP contribution in [0.4, 0.5) is 0 Å². The predicted molar refractivity (Wildman–Crippen MR) is 103 cm³/mol. The SMILES string of the molecule is CS(=O)(=O)N1C[C@H]2CCN(C(=O)Cc3c[nH]c4ccccc34)C[C@@]2(CO)C1. The summed E-state index contributed by atoms with van der Waals surface area (Å²) in [6, 6.07) is 7.88. The summed E-state index contributed by atoms with van der Waals surface area (Å²) in [6.07, 6.45) is 4.09. The highest BCUT2D eigenvalue weighted by Gasteiger charge is 2.52. The number of benzene rings is 1. The van der Waals surface area contributed by atoms with Crippen molar-refractivity contribution >= 4 is 26.8 Å². The van der Waals surface area contributed by atoms with Crippen molar-refractivity contribution < 1.29 is 18.3 Å². The van der Waals surface area contributed by atoms with Gasteiger partial charge in [0.1, 0.15) is 0 Å². The van der Waals surface area contributed by atoms with E-state index >= 15 is 0 Å². The molecule has 2 aromatic rings. The van der Waals surface area contributed by atoms with E-state index in [2.05, 4.69) is 4.98 Å². The van der Waals surface area contributed by atoms with Crippen LogP contribution < -0.4 is 0 Å². The largest absolute Gasteiger partial charge is 0.396 e. The Labute approximate surface area is 159 Å². The number of rotatable bonds is 4. The molecule has 1 aromatic heterocycles. The number of hydrogen-bond donors (Lipinski definition) is 2. The van der Waals surface area contributed by atoms with Gasteiger partial charge in [-0.2, -0.15) is 0 Å². The first-order valence-electron chi connectivity index (χ1n) is 9.21. The molecule has 2 N–H and O–H groups in total. The Morgan fingerprint density at radius 1 is 1.33 bits per heavy atom. The first-order chi connectivity index (χ1) is 12.8. The second kappa shape index (κ2) is 6.61. The van der Waals surface area contributed by atoms with Crippen LogP contribution in [0.2, 0.25) is 0 Å². The lowest BCUT2D eigenvalue weighted by molar-refractivity contribution is -0.135. The number of carbonyl (C=O) groups excluding carboxylic acids is 1. The second-order valence-electron chi connectivity index (χ2n) is 7.91. The molecule has 2 atom stereocenters. The summed E-state index contributed by atoms with van der Waals surface area (Å²) in [4.78, 5) is 17.9. The number of aliphatic hydroxyl groups excluding tert-OH is 1. The minimum absolute atomic E-state index is 0.0174. The number of H-pyrrole nitrogens is 1. The highest BCUT2D eigenvalue weighted by molar-refractivity contribution is 7.88. The number of para-hydroxylation sites is 1. The predicted octanol–water partition coefficient (Wildman–Crippen LogP) is 0.813. The van der Waals surface area contributed by atoms with Crippen LogP contribution in [0.3, 0.4) is 0 Å². The Hall–Kier alpha value is -1.90. The maximum atomic E-state index is 12.9. The number of likely N-dealkylation sites (tertiary alicyclic amines) is 1. The lowest BCUT2D eigenvalue weighted by Gasteiger charge is -2.43. The molecule has 1 amide bonds. The van der Waals surface area contributed by atoms with E-state index in [-0.39, 0.29) is 25.0 Å². The van der Waals surface area contributed by atoms with E-state index in [0.29, 0.717) is 32.5 Å². The van der Waals surface area contributed by atoms with Gasteiger partial charge in [-0.15, -0.1) is 0 Å². The van der Waals surface area contributed by atoms with Crippen LogP contribution >= 0.6 is 0 Å². The molecule has 27 heavy (non-hydrogen) atoms. The molecule has 2 aliphatic heterocycles. The topological polar surface area (TPSA) is 93.7 Å². The Morgan fingerprint density at radius 3 is 2.85 bits per heavy atom. The molecule has 0 bridgehead atoms. The number of nitrogens with one attached hydrogen (secondary N) is 1. The number of fused-ring (bicyclic) bond motifs is 2. The van der Waals surface area contributed by atoms with Crippen LogP contribution in [0.25, 0.3) is 10.9 Å². The summed E-state index contributed by atoms with van der Waals surface area (Å²) in [6.45, 7) is 1.61. The van der Waals surface area contributed by atoms with E-state index in [1.807, 2.05) is 30.5 Å². The summed E-state index contributed by atoms with van der Waals surface area (Å²) in [5.74, 6) is 0.109. The third kappa shape index (κ3) is 3.26. The van der Waals surface area contributed by atoms with Crippen molar-refractivity contribution in [2.75, 3.05) is 39.0 Å². The first-order valence-corrected chi connectivity index (χ1v) is 11.1. The Balaban J connectivity index is 1.51. The quantitative estimate of drug-likeness (QED) is 0.807. The van der Waals surface area contributed by atoms with Gasteiger partial charge in [0.25, 0.3) is 0 Å². The standard InChI is InChI=1S/C19H25N3O4S/c1-27(25,26)22-10-15-6-7-21(11-19(15,12-22)13-23)18(24)8-14-9-20-17-5-3-2-4-16(14)17/h2-5,9,15,20,23H,6-8,10-13H2,1H3/t15-,19+/m1/s1. The molecule has 2 saturated heterocycles.